The van der Waals surface area contributed by atoms with Crippen LogP contribution in [0.25, 0.3) is 0 Å². The highest BCUT2D eigenvalue weighted by atomic mass is 35.5. The van der Waals surface area contributed by atoms with Crippen LogP contribution in [0.15, 0.2) is 24.3 Å². The molecule has 1 aromatic rings. The number of nitrogens with zero attached hydrogens (tertiary/aromatic N) is 1. The quantitative estimate of drug-likeness (QED) is 0.800. The van der Waals surface area contributed by atoms with Gasteiger partial charge < -0.3 is 15.3 Å². The van der Waals surface area contributed by atoms with E-state index in [9.17, 15) is 9.59 Å². The first-order valence-electron chi connectivity index (χ1n) is 6.02. The Morgan fingerprint density at radius 1 is 1.37 bits per heavy atom. The minimum absolute atomic E-state index is 0.00730. The fourth-order valence-electron chi connectivity index (χ4n) is 1.57. The van der Waals surface area contributed by atoms with Gasteiger partial charge in [-0.2, -0.15) is 0 Å². The number of nitrogens with one attached hydrogen (secondary N) is 1. The van der Waals surface area contributed by atoms with Crippen molar-refractivity contribution < 1.29 is 14.7 Å². The molecule has 2 N–H and O–H groups in total. The molecule has 0 aromatic heterocycles. The summed E-state index contributed by atoms with van der Waals surface area (Å²) in [5, 5.41) is 12.1. The fraction of sp³-hybridized carbons (Fsp3) is 0.385. The fourth-order valence-corrected chi connectivity index (χ4v) is 1.75. The summed E-state index contributed by atoms with van der Waals surface area (Å²) in [7, 11) is 0. The number of carbonyl (C=O) groups is 2. The Bertz CT molecular complexity index is 451. The van der Waals surface area contributed by atoms with E-state index in [4.69, 9.17) is 16.7 Å². The molecule has 1 rings (SSSR count). The zero-order valence-electron chi connectivity index (χ0n) is 10.7. The third kappa shape index (κ3) is 5.61. The summed E-state index contributed by atoms with van der Waals surface area (Å²) < 4.78 is 0. The summed E-state index contributed by atoms with van der Waals surface area (Å²) in [5.41, 5.74) is 0.613. The minimum Gasteiger partial charge on any atom is -0.480 e. The number of rotatable bonds is 7. The highest BCUT2D eigenvalue weighted by molar-refractivity contribution is 6.30. The van der Waals surface area contributed by atoms with Gasteiger partial charge in [-0.1, -0.05) is 24.6 Å². The summed E-state index contributed by atoms with van der Waals surface area (Å²) in [5.74, 6) is -1.20. The predicted octanol–water partition coefficient (Wildman–Crippen LogP) is 1.76. The molecule has 1 amide bonds. The topological polar surface area (TPSA) is 69.6 Å². The van der Waals surface area contributed by atoms with Crippen molar-refractivity contribution in [1.82, 2.24) is 5.32 Å². The summed E-state index contributed by atoms with van der Waals surface area (Å²) >= 11 is 5.87. The van der Waals surface area contributed by atoms with E-state index in [1.807, 2.05) is 6.92 Å². The maximum Gasteiger partial charge on any atom is 0.323 e. The molecule has 5 nitrogen and oxygen atoms in total. The molecule has 0 bridgehead atoms. The van der Waals surface area contributed by atoms with Crippen molar-refractivity contribution in [3.63, 3.8) is 0 Å². The first-order chi connectivity index (χ1) is 9.02. The number of aliphatic carboxylic acids is 1. The van der Waals surface area contributed by atoms with Crippen LogP contribution in [0.3, 0.4) is 0 Å². The third-order valence-electron chi connectivity index (χ3n) is 2.41. The highest BCUT2D eigenvalue weighted by Gasteiger charge is 2.14. The predicted molar refractivity (Wildman–Crippen MR) is 74.6 cm³/mol. The van der Waals surface area contributed by atoms with E-state index in [0.717, 1.165) is 6.42 Å². The van der Waals surface area contributed by atoms with Crippen molar-refractivity contribution in [1.29, 1.82) is 0 Å². The van der Waals surface area contributed by atoms with Gasteiger partial charge in [0.25, 0.3) is 0 Å². The van der Waals surface area contributed by atoms with E-state index in [-0.39, 0.29) is 19.0 Å². The van der Waals surface area contributed by atoms with E-state index < -0.39 is 5.97 Å². The van der Waals surface area contributed by atoms with E-state index in [1.54, 1.807) is 24.3 Å². The Labute approximate surface area is 117 Å². The van der Waals surface area contributed by atoms with Gasteiger partial charge in [-0.25, -0.2) is 0 Å². The van der Waals surface area contributed by atoms with E-state index in [2.05, 4.69) is 5.32 Å². The van der Waals surface area contributed by atoms with Crippen molar-refractivity contribution >= 4 is 29.2 Å². The molecule has 0 saturated heterocycles. The molecule has 0 radical (unpaired) electrons. The van der Waals surface area contributed by atoms with Crippen LogP contribution < -0.4 is 10.2 Å². The van der Waals surface area contributed by atoms with Gasteiger partial charge in [0, 0.05) is 17.3 Å². The Hall–Kier alpha value is -1.75. The highest BCUT2D eigenvalue weighted by Crippen LogP contribution is 2.19. The lowest BCUT2D eigenvalue weighted by Gasteiger charge is -2.22. The smallest absolute Gasteiger partial charge is 0.323 e. The van der Waals surface area contributed by atoms with E-state index in [0.29, 0.717) is 17.3 Å². The minimum atomic E-state index is -0.997. The molecule has 19 heavy (non-hydrogen) atoms. The van der Waals surface area contributed by atoms with Gasteiger partial charge in [0.05, 0.1) is 6.54 Å². The average Bonchev–Trinajstić information content (AvgIpc) is 2.35. The zero-order valence-corrected chi connectivity index (χ0v) is 11.5. The molecule has 0 aliphatic heterocycles. The van der Waals surface area contributed by atoms with Crippen molar-refractivity contribution in [2.45, 2.75) is 13.3 Å². The molecule has 0 heterocycles. The molecule has 0 atom stereocenters. The third-order valence-corrected chi connectivity index (χ3v) is 2.64. The first kappa shape index (κ1) is 15.3. The second kappa shape index (κ2) is 7.63. The largest absolute Gasteiger partial charge is 0.480 e. The molecule has 0 unspecified atom stereocenters. The monoisotopic (exact) mass is 284 g/mol. The number of carboxylic acids is 1. The molecule has 0 aliphatic carbocycles. The Morgan fingerprint density at radius 2 is 2.11 bits per heavy atom. The van der Waals surface area contributed by atoms with Crippen LogP contribution in [0.5, 0.6) is 0 Å². The van der Waals surface area contributed by atoms with Crippen LogP contribution in [0.4, 0.5) is 5.69 Å². The van der Waals surface area contributed by atoms with Crippen molar-refractivity contribution in [3.05, 3.63) is 29.3 Å². The molecule has 0 saturated carbocycles. The molecule has 0 aliphatic rings. The number of amides is 1. The second-order valence-electron chi connectivity index (χ2n) is 4.08. The molecular formula is C13H17ClN2O3. The van der Waals surface area contributed by atoms with Gasteiger partial charge in [0.15, 0.2) is 0 Å². The van der Waals surface area contributed by atoms with Crippen LogP contribution in [0, 0.1) is 0 Å². The Morgan fingerprint density at radius 3 is 2.68 bits per heavy atom. The maximum atomic E-state index is 11.7. The number of hydrogen-bond acceptors (Lipinski definition) is 3. The summed E-state index contributed by atoms with van der Waals surface area (Å²) in [6.07, 6.45) is 0.835. The van der Waals surface area contributed by atoms with Crippen molar-refractivity contribution in [2.24, 2.45) is 0 Å². The van der Waals surface area contributed by atoms with Gasteiger partial charge in [-0.15, -0.1) is 0 Å². The Kier molecular flexibility index (Phi) is 6.15. The molecule has 104 valence electrons. The lowest BCUT2D eigenvalue weighted by Crippen LogP contribution is -2.40. The van der Waals surface area contributed by atoms with Crippen LogP contribution in [0.2, 0.25) is 5.02 Å². The van der Waals surface area contributed by atoms with E-state index in [1.165, 1.54) is 4.90 Å². The van der Waals surface area contributed by atoms with Crippen molar-refractivity contribution in [2.75, 3.05) is 24.5 Å². The second-order valence-corrected chi connectivity index (χ2v) is 4.52. The maximum absolute atomic E-state index is 11.7. The number of halogens is 1. The summed E-state index contributed by atoms with van der Waals surface area (Å²) in [4.78, 5) is 24.0. The number of hydrogen-bond donors (Lipinski definition) is 2. The van der Waals surface area contributed by atoms with Crippen LogP contribution in [-0.2, 0) is 9.59 Å². The van der Waals surface area contributed by atoms with Gasteiger partial charge in [-0.05, 0) is 24.6 Å². The summed E-state index contributed by atoms with van der Waals surface area (Å²) in [6.45, 7) is 2.27. The molecule has 0 spiro atoms. The van der Waals surface area contributed by atoms with Gasteiger partial charge >= 0.3 is 5.97 Å². The molecular weight excluding hydrogens is 268 g/mol. The molecule has 0 fully saturated rings. The standard InChI is InChI=1S/C13H17ClN2O3/c1-2-6-15-12(17)8-16(9-13(18)19)11-5-3-4-10(14)7-11/h3-5,7H,2,6,8-9H2,1H3,(H,15,17)(H,18,19). The SMILES string of the molecule is CCCNC(=O)CN(CC(=O)O)c1cccc(Cl)c1. The number of carbonyl (C=O) groups excluding carboxylic acids is 1. The number of carboxylic acid groups (broad SMARTS) is 1. The lowest BCUT2D eigenvalue weighted by atomic mass is 10.2. The lowest BCUT2D eigenvalue weighted by molar-refractivity contribution is -0.135. The normalized spacial score (nSPS) is 10.0. The zero-order chi connectivity index (χ0) is 14.3. The van der Waals surface area contributed by atoms with Crippen molar-refractivity contribution in [3.8, 4) is 0 Å². The number of benzene rings is 1. The van der Waals surface area contributed by atoms with Crippen LogP contribution in [0.1, 0.15) is 13.3 Å². The number of anilines is 1. The first-order valence-corrected chi connectivity index (χ1v) is 6.39. The van der Waals surface area contributed by atoms with E-state index >= 15 is 0 Å². The average molecular weight is 285 g/mol. The van der Waals surface area contributed by atoms with Crippen LogP contribution >= 0.6 is 11.6 Å². The van der Waals surface area contributed by atoms with Crippen LogP contribution in [-0.4, -0.2) is 36.6 Å². The van der Waals surface area contributed by atoms with Gasteiger partial charge in [-0.3, -0.25) is 9.59 Å². The van der Waals surface area contributed by atoms with Gasteiger partial charge in [0.2, 0.25) is 5.91 Å². The van der Waals surface area contributed by atoms with Gasteiger partial charge in [0.1, 0.15) is 6.54 Å². The Balaban J connectivity index is 2.77. The molecule has 6 heteroatoms. The molecule has 1 aromatic carbocycles. The summed E-state index contributed by atoms with van der Waals surface area (Å²) in [6, 6.07) is 6.77.